The first-order valence-electron chi connectivity index (χ1n) is 12.4. The van der Waals surface area contributed by atoms with Crippen LogP contribution in [0.5, 0.6) is 0 Å². The molecular weight excluding hydrogens is 572 g/mol. The van der Waals surface area contributed by atoms with E-state index in [0.29, 0.717) is 3.63 Å². The molecular formula is C31H35BrSiZr. The number of hydrogen-bond donors (Lipinski definition) is 0. The van der Waals surface area contributed by atoms with Gasteiger partial charge in [0.15, 0.2) is 0 Å². The van der Waals surface area contributed by atoms with Crippen LogP contribution in [0.1, 0.15) is 39.2 Å². The molecule has 0 N–H and O–H groups in total. The molecule has 0 saturated heterocycles. The van der Waals surface area contributed by atoms with Gasteiger partial charge in [-0.15, -0.1) is 0 Å². The van der Waals surface area contributed by atoms with Crippen LogP contribution in [0.25, 0.3) is 6.08 Å². The average molecular weight is 607 g/mol. The van der Waals surface area contributed by atoms with Crippen molar-refractivity contribution in [2.24, 2.45) is 0 Å². The van der Waals surface area contributed by atoms with Gasteiger partial charge < -0.3 is 0 Å². The van der Waals surface area contributed by atoms with E-state index in [9.17, 15) is 0 Å². The van der Waals surface area contributed by atoms with Crippen LogP contribution < -0.4 is 0 Å². The maximum atomic E-state index is 3.89. The third kappa shape index (κ3) is 3.46. The summed E-state index contributed by atoms with van der Waals surface area (Å²) in [5.74, 6) is 0. The molecule has 0 nitrogen and oxygen atoms in total. The molecule has 0 amide bonds. The summed E-state index contributed by atoms with van der Waals surface area (Å²) in [7, 11) is 0. The summed E-state index contributed by atoms with van der Waals surface area (Å²) in [5, 5.41) is 0. The summed E-state index contributed by atoms with van der Waals surface area (Å²) in [5.41, 5.74) is 7.33. The Balaban J connectivity index is 1.94. The van der Waals surface area contributed by atoms with E-state index in [2.05, 4.69) is 142 Å². The first kappa shape index (κ1) is 24.2. The zero-order chi connectivity index (χ0) is 24.1. The van der Waals surface area contributed by atoms with Gasteiger partial charge in [-0.1, -0.05) is 0 Å². The van der Waals surface area contributed by atoms with Crippen molar-refractivity contribution >= 4 is 28.9 Å². The topological polar surface area (TPSA) is 0 Å². The zero-order valence-electron chi connectivity index (χ0n) is 20.6. The number of rotatable bonds is 6. The molecule has 2 aliphatic carbocycles. The zero-order valence-corrected chi connectivity index (χ0v) is 26.1. The third-order valence-electron chi connectivity index (χ3n) is 9.52. The van der Waals surface area contributed by atoms with Crippen molar-refractivity contribution in [1.82, 2.24) is 0 Å². The molecule has 1 atom stereocenters. The van der Waals surface area contributed by atoms with Crippen LogP contribution in [0.4, 0.5) is 0 Å². The number of allylic oxidation sites excluding steroid dienone is 5. The second kappa shape index (κ2) is 7.25. The van der Waals surface area contributed by atoms with Gasteiger partial charge in [0.2, 0.25) is 0 Å². The van der Waals surface area contributed by atoms with E-state index in [1.165, 1.54) is 32.3 Å². The first-order chi connectivity index (χ1) is 16.0. The molecule has 2 aliphatic rings. The minimum atomic E-state index is -5.01. The second-order valence-corrected chi connectivity index (χ2v) is 66.0. The van der Waals surface area contributed by atoms with E-state index in [1.54, 1.807) is 3.28 Å². The molecule has 0 saturated carbocycles. The third-order valence-corrected chi connectivity index (χ3v) is 44.9. The fourth-order valence-corrected chi connectivity index (χ4v) is 44.8. The van der Waals surface area contributed by atoms with Crippen LogP contribution in [-0.4, -0.2) is 6.88 Å². The van der Waals surface area contributed by atoms with E-state index in [0.717, 1.165) is 14.7 Å². The standard InChI is InChI=1S/C10H8Br.2C7H7.C5H5.2CH3.H2Si.Zr/c1-7-5-8-3-2-4-10(11)9(8)6-7;2*1-7-5-3-2-4-6-7;1-2-4-5-3-1;;;;/h2-6H,1H3;2*2-6H,1H2;1-3H,4H2;2*1H3;1H2;. The van der Waals surface area contributed by atoms with Crippen LogP contribution >= 0.6 is 15.9 Å². The molecule has 0 radical (unpaired) electrons. The van der Waals surface area contributed by atoms with E-state index < -0.39 is 14.4 Å². The van der Waals surface area contributed by atoms with Gasteiger partial charge in [-0.2, -0.15) is 0 Å². The molecule has 0 aromatic heterocycles. The summed E-state index contributed by atoms with van der Waals surface area (Å²) in [4.78, 5) is 0. The van der Waals surface area contributed by atoms with Gasteiger partial charge >= 0.3 is 210 Å². The molecule has 0 heterocycles. The molecule has 34 heavy (non-hydrogen) atoms. The fraction of sp³-hybridized carbons (Fsp3) is 0.226. The Hall–Kier alpha value is -1.54. The van der Waals surface area contributed by atoms with Gasteiger partial charge in [0.05, 0.1) is 0 Å². The Kier molecular flexibility index (Phi) is 5.15. The number of hydrogen-bond acceptors (Lipinski definition) is 0. The molecule has 0 aliphatic heterocycles. The summed E-state index contributed by atoms with van der Waals surface area (Å²) < 4.78 is 11.2. The van der Waals surface area contributed by atoms with Gasteiger partial charge in [-0.3, -0.25) is 0 Å². The normalized spacial score (nSPS) is 20.5. The van der Waals surface area contributed by atoms with E-state index in [1.807, 2.05) is 0 Å². The van der Waals surface area contributed by atoms with Crippen molar-refractivity contribution in [3.05, 3.63) is 133 Å². The number of fused-ring (bicyclic) bond motifs is 1. The van der Waals surface area contributed by atoms with Crippen LogP contribution in [0.15, 0.2) is 110 Å². The maximum absolute atomic E-state index is 5.01. The predicted molar refractivity (Wildman–Crippen MR) is 153 cm³/mol. The quantitative estimate of drug-likeness (QED) is 0.247. The van der Waals surface area contributed by atoms with Crippen molar-refractivity contribution in [3.63, 3.8) is 0 Å². The fourth-order valence-electron chi connectivity index (χ4n) is 8.31. The van der Waals surface area contributed by atoms with Gasteiger partial charge in [-0.05, 0) is 0 Å². The van der Waals surface area contributed by atoms with Gasteiger partial charge in [0.1, 0.15) is 0 Å². The van der Waals surface area contributed by atoms with Crippen molar-refractivity contribution in [2.75, 3.05) is 0 Å². The molecule has 0 fully saturated rings. The Labute approximate surface area is 208 Å². The SMILES string of the molecule is CC1=Cc2c(Br)cccc2[CH]1[Zr]([CH3])([CH3])(=[SiH2])([CH2]c1ccccc1)([CH2]c1ccccc1)[C]1=CC=CC1. The number of halogens is 1. The van der Waals surface area contributed by atoms with Crippen molar-refractivity contribution in [2.45, 2.75) is 34.5 Å². The summed E-state index contributed by atoms with van der Waals surface area (Å²) in [6.45, 7) is 4.85. The van der Waals surface area contributed by atoms with Crippen LogP contribution in [0.3, 0.4) is 0 Å². The molecule has 3 aromatic rings. The van der Waals surface area contributed by atoms with Gasteiger partial charge in [0, 0.05) is 0 Å². The van der Waals surface area contributed by atoms with Crippen molar-refractivity contribution < 1.29 is 14.4 Å². The Morgan fingerprint density at radius 1 is 0.853 bits per heavy atom. The van der Waals surface area contributed by atoms with Crippen LogP contribution in [0, 0.1) is 0 Å². The van der Waals surface area contributed by atoms with E-state index in [-0.39, 0.29) is 0 Å². The second-order valence-electron chi connectivity index (χ2n) is 13.4. The summed E-state index contributed by atoms with van der Waals surface area (Å²) >= 11 is -1.12. The molecule has 1 unspecified atom stereocenters. The van der Waals surface area contributed by atoms with Crippen molar-refractivity contribution in [1.29, 1.82) is 0 Å². The predicted octanol–water partition coefficient (Wildman–Crippen LogP) is 8.56. The minimum absolute atomic E-state index is 0.397. The van der Waals surface area contributed by atoms with Gasteiger partial charge in [-0.25, -0.2) is 0 Å². The van der Waals surface area contributed by atoms with Crippen molar-refractivity contribution in [3.8, 4) is 0 Å². The number of benzene rings is 3. The molecule has 174 valence electrons. The summed E-state index contributed by atoms with van der Waals surface area (Å²) in [6.07, 6.45) is 10.7. The molecule has 0 bridgehead atoms. The molecule has 3 aromatic carbocycles. The summed E-state index contributed by atoms with van der Waals surface area (Å²) in [6, 6.07) is 29.4. The molecule has 3 heteroatoms. The Bertz CT molecular complexity index is 1460. The van der Waals surface area contributed by atoms with Gasteiger partial charge in [0.25, 0.3) is 0 Å². The Morgan fingerprint density at radius 2 is 1.44 bits per heavy atom. The molecule has 5 rings (SSSR count). The van der Waals surface area contributed by atoms with E-state index in [4.69, 9.17) is 0 Å². The monoisotopic (exact) mass is 604 g/mol. The van der Waals surface area contributed by atoms with E-state index >= 15 is 0 Å². The van der Waals surface area contributed by atoms with Crippen LogP contribution in [0.2, 0.25) is 9.26 Å². The Morgan fingerprint density at radius 3 is 1.97 bits per heavy atom. The average Bonchev–Trinajstić information content (AvgIpc) is 3.45. The first-order valence-corrected chi connectivity index (χ1v) is 30.2. The van der Waals surface area contributed by atoms with Crippen LogP contribution in [-0.2, 0) is 22.7 Å². The molecule has 0 spiro atoms.